The number of aliphatic hydroxyl groups excluding tert-OH is 1. The van der Waals surface area contributed by atoms with E-state index in [0.717, 1.165) is 54.0 Å². The van der Waals surface area contributed by atoms with E-state index < -0.39 is 23.0 Å². The van der Waals surface area contributed by atoms with Gasteiger partial charge in [0.25, 0.3) is 11.8 Å². The molecule has 0 saturated carbocycles. The Morgan fingerprint density at radius 3 is 2.30 bits per heavy atom. The second-order valence-electron chi connectivity index (χ2n) is 15.0. The van der Waals surface area contributed by atoms with Gasteiger partial charge in [-0.25, -0.2) is 0 Å². The number of amides is 3. The molecule has 4 aliphatic rings. The number of hydrogen-bond donors (Lipinski definition) is 3. The Bertz CT molecular complexity index is 2060. The summed E-state index contributed by atoms with van der Waals surface area (Å²) < 4.78 is 0. The Balaban J connectivity index is 0.969. The summed E-state index contributed by atoms with van der Waals surface area (Å²) in [6.45, 7) is 4.38. The maximum atomic E-state index is 14.2. The molecule has 3 N–H and O–H groups in total. The first-order valence-corrected chi connectivity index (χ1v) is 19.0. The van der Waals surface area contributed by atoms with E-state index in [9.17, 15) is 24.6 Å². The van der Waals surface area contributed by atoms with Crippen LogP contribution in [0.3, 0.4) is 0 Å². The second-order valence-corrected chi connectivity index (χ2v) is 15.0. The average molecular weight is 726 g/mol. The van der Waals surface area contributed by atoms with Gasteiger partial charge in [-0.2, -0.15) is 0 Å². The summed E-state index contributed by atoms with van der Waals surface area (Å²) >= 11 is 0. The lowest BCUT2D eigenvalue weighted by Gasteiger charge is -2.39. The molecule has 4 aromatic rings. The molecule has 2 saturated heterocycles. The summed E-state index contributed by atoms with van der Waals surface area (Å²) in [5, 5.41) is 25.6. The molecule has 0 aliphatic carbocycles. The third-order valence-corrected chi connectivity index (χ3v) is 12.0. The van der Waals surface area contributed by atoms with Crippen LogP contribution in [0.4, 0.5) is 17.1 Å². The third-order valence-electron chi connectivity index (χ3n) is 12.0. The van der Waals surface area contributed by atoms with E-state index in [-0.39, 0.29) is 37.4 Å². The Hall–Kier alpha value is -5.29. The van der Waals surface area contributed by atoms with Crippen LogP contribution >= 0.6 is 0 Å². The smallest absolute Gasteiger partial charge is 0.264 e. The molecule has 10 heteroatoms. The molecule has 8 rings (SSSR count). The third kappa shape index (κ3) is 6.08. The van der Waals surface area contributed by atoms with Gasteiger partial charge in [-0.15, -0.1) is 0 Å². The minimum atomic E-state index is -1.82. The van der Waals surface area contributed by atoms with Crippen LogP contribution in [0.2, 0.25) is 0 Å². The summed E-state index contributed by atoms with van der Waals surface area (Å²) in [6.07, 6.45) is 5.63. The highest BCUT2D eigenvalue weighted by atomic mass is 16.3. The van der Waals surface area contributed by atoms with Crippen LogP contribution in [0.15, 0.2) is 115 Å². The zero-order chi connectivity index (χ0) is 37.5. The number of piperidine rings is 1. The van der Waals surface area contributed by atoms with Gasteiger partial charge in [0.15, 0.2) is 5.60 Å². The quantitative estimate of drug-likeness (QED) is 0.211. The molecule has 4 aromatic carbocycles. The number of anilines is 3. The first kappa shape index (κ1) is 35.7. The van der Waals surface area contributed by atoms with Crippen molar-refractivity contribution in [2.24, 2.45) is 5.92 Å². The summed E-state index contributed by atoms with van der Waals surface area (Å²) in [6, 6.07) is 32.9. The number of aliphatic hydroxyl groups is 2. The topological polar surface area (TPSA) is 117 Å². The van der Waals surface area contributed by atoms with Gasteiger partial charge in [-0.05, 0) is 79.4 Å². The number of fused-ring (bicyclic) bond motifs is 2. The molecule has 10 nitrogen and oxygen atoms in total. The first-order chi connectivity index (χ1) is 26.2. The summed E-state index contributed by atoms with van der Waals surface area (Å²) in [5.74, 6) is -1.06. The van der Waals surface area contributed by atoms with Crippen LogP contribution in [0.25, 0.3) is 0 Å². The molecule has 3 atom stereocenters. The van der Waals surface area contributed by atoms with Crippen LogP contribution in [-0.2, 0) is 39.5 Å². The molecule has 4 heterocycles. The molecule has 0 bridgehead atoms. The van der Waals surface area contributed by atoms with Crippen LogP contribution in [-0.4, -0.2) is 70.8 Å². The highest BCUT2D eigenvalue weighted by molar-refractivity contribution is 6.08. The summed E-state index contributed by atoms with van der Waals surface area (Å²) in [7, 11) is 0. The molecule has 278 valence electrons. The van der Waals surface area contributed by atoms with Gasteiger partial charge in [0, 0.05) is 35.8 Å². The predicted octanol–water partition coefficient (Wildman–Crippen LogP) is 4.88. The lowest BCUT2D eigenvalue weighted by molar-refractivity contribution is -0.139. The standard InChI is InChI=1S/C44H47N5O5/c1-31(10-9-17-40(51)46-28-34-12-6-5-11-33(34)26-37(46)29-50)44(54)38-15-7-8-16-39(38)47(42(44)53)27-32-18-20-35(21-19-32)48-30-49(36-13-3-2-4-14-36)43(41(48)52)22-24-45-25-23-43/h2-16,18-21,31,37,45,50,54H,17,22-30H2,1H3/b10-9+/t31-,37-,44+/m0/s1. The number of carbonyl (C=O) groups is 3. The number of para-hydroxylation sites is 2. The van der Waals surface area contributed by atoms with Crippen molar-refractivity contribution < 1.29 is 24.6 Å². The van der Waals surface area contributed by atoms with E-state index in [0.29, 0.717) is 30.9 Å². The first-order valence-electron chi connectivity index (χ1n) is 19.0. The van der Waals surface area contributed by atoms with Crippen molar-refractivity contribution in [1.82, 2.24) is 10.2 Å². The van der Waals surface area contributed by atoms with E-state index >= 15 is 0 Å². The van der Waals surface area contributed by atoms with E-state index in [1.54, 1.807) is 34.9 Å². The number of carbonyl (C=O) groups excluding carboxylic acids is 3. The number of benzene rings is 4. The van der Waals surface area contributed by atoms with Gasteiger partial charge >= 0.3 is 0 Å². The largest absolute Gasteiger partial charge is 0.394 e. The van der Waals surface area contributed by atoms with Gasteiger partial charge in [-0.1, -0.05) is 91.9 Å². The average Bonchev–Trinajstić information content (AvgIpc) is 3.61. The van der Waals surface area contributed by atoms with Gasteiger partial charge < -0.3 is 30.2 Å². The fourth-order valence-corrected chi connectivity index (χ4v) is 8.86. The van der Waals surface area contributed by atoms with Gasteiger partial charge in [0.2, 0.25) is 5.91 Å². The zero-order valence-electron chi connectivity index (χ0n) is 30.6. The van der Waals surface area contributed by atoms with Gasteiger partial charge in [-0.3, -0.25) is 19.3 Å². The number of nitrogens with one attached hydrogen (secondary N) is 1. The monoisotopic (exact) mass is 725 g/mol. The van der Waals surface area contributed by atoms with Crippen molar-refractivity contribution in [1.29, 1.82) is 0 Å². The lowest BCUT2D eigenvalue weighted by Crippen LogP contribution is -2.55. The molecule has 4 aliphatic heterocycles. The molecule has 2 fully saturated rings. The Morgan fingerprint density at radius 2 is 1.56 bits per heavy atom. The number of hydrogen-bond acceptors (Lipinski definition) is 7. The second kappa shape index (κ2) is 14.5. The van der Waals surface area contributed by atoms with E-state index in [1.807, 2.05) is 89.8 Å². The highest BCUT2D eigenvalue weighted by Gasteiger charge is 2.54. The normalized spacial score (nSPS) is 22.6. The molecular weight excluding hydrogens is 679 g/mol. The van der Waals surface area contributed by atoms with Crippen molar-refractivity contribution in [2.45, 2.75) is 62.9 Å². The van der Waals surface area contributed by atoms with Crippen molar-refractivity contribution >= 4 is 34.8 Å². The molecule has 0 aromatic heterocycles. The Morgan fingerprint density at radius 1 is 0.870 bits per heavy atom. The van der Waals surface area contributed by atoms with Crippen molar-refractivity contribution in [3.63, 3.8) is 0 Å². The molecule has 1 spiro atoms. The molecule has 0 radical (unpaired) electrons. The van der Waals surface area contributed by atoms with Gasteiger partial charge in [0.1, 0.15) is 5.54 Å². The van der Waals surface area contributed by atoms with Crippen molar-refractivity contribution in [3.8, 4) is 0 Å². The zero-order valence-corrected chi connectivity index (χ0v) is 30.6. The summed E-state index contributed by atoms with van der Waals surface area (Å²) in [5.41, 5.74) is 3.68. The molecule has 0 unspecified atom stereocenters. The van der Waals surface area contributed by atoms with Crippen LogP contribution in [0.5, 0.6) is 0 Å². The SMILES string of the molecule is C[C@@H](/C=C/CC(=O)N1Cc2ccccc2C[C@H]1CO)[C@]1(O)C(=O)N(Cc2ccc(N3CN(c4ccccc4)C4(CCNCC4)C3=O)cc2)c2ccccc21. The lowest BCUT2D eigenvalue weighted by atomic mass is 9.83. The van der Waals surface area contributed by atoms with Crippen LogP contribution in [0, 0.1) is 5.92 Å². The summed E-state index contributed by atoms with van der Waals surface area (Å²) in [4.78, 5) is 49.2. The molecular formula is C44H47N5O5. The fraction of sp³-hybridized carbons (Fsp3) is 0.341. The maximum Gasteiger partial charge on any atom is 0.264 e. The Kier molecular flexibility index (Phi) is 9.60. The minimum absolute atomic E-state index is 0.0889. The Labute approximate surface area is 316 Å². The van der Waals surface area contributed by atoms with Gasteiger partial charge in [0.05, 0.1) is 31.5 Å². The van der Waals surface area contributed by atoms with E-state index in [4.69, 9.17) is 0 Å². The predicted molar refractivity (Wildman–Crippen MR) is 209 cm³/mol. The highest BCUT2D eigenvalue weighted by Crippen LogP contribution is 2.46. The fourth-order valence-electron chi connectivity index (χ4n) is 8.86. The van der Waals surface area contributed by atoms with Crippen LogP contribution < -0.4 is 20.0 Å². The number of nitrogens with zero attached hydrogens (tertiary/aromatic N) is 4. The van der Waals surface area contributed by atoms with Crippen molar-refractivity contribution in [2.75, 3.05) is 41.1 Å². The van der Waals surface area contributed by atoms with Crippen molar-refractivity contribution in [3.05, 3.63) is 138 Å². The molecule has 54 heavy (non-hydrogen) atoms. The molecule has 3 amide bonds. The van der Waals surface area contributed by atoms with E-state index in [2.05, 4.69) is 22.3 Å². The maximum absolute atomic E-state index is 14.2. The number of rotatable bonds is 9. The minimum Gasteiger partial charge on any atom is -0.394 e. The van der Waals surface area contributed by atoms with Crippen LogP contribution in [0.1, 0.15) is 48.4 Å². The van der Waals surface area contributed by atoms with E-state index in [1.165, 1.54) is 0 Å².